The number of aromatic amines is 1. The molecular formula is C20H25F2N5O2. The minimum absolute atomic E-state index is 0.0144. The van der Waals surface area contributed by atoms with E-state index in [9.17, 15) is 18.4 Å². The Bertz CT molecular complexity index is 888. The van der Waals surface area contributed by atoms with Gasteiger partial charge in [0, 0.05) is 48.8 Å². The Morgan fingerprint density at radius 1 is 1.17 bits per heavy atom. The van der Waals surface area contributed by atoms with Crippen molar-refractivity contribution in [3.63, 3.8) is 0 Å². The number of carbonyl (C=O) groups excluding carboxylic acids is 2. The Labute approximate surface area is 167 Å². The third kappa shape index (κ3) is 4.13. The number of hydrogen-bond acceptors (Lipinski definition) is 2. The van der Waals surface area contributed by atoms with Crippen LogP contribution in [0.3, 0.4) is 0 Å². The molecule has 9 heteroatoms. The van der Waals surface area contributed by atoms with Gasteiger partial charge in [0.15, 0.2) is 11.6 Å². The molecule has 4 amide bonds. The summed E-state index contributed by atoms with van der Waals surface area (Å²) in [7, 11) is 1.61. The molecule has 1 aromatic heterocycles. The van der Waals surface area contributed by atoms with Crippen molar-refractivity contribution in [2.45, 2.75) is 44.3 Å². The normalized spacial score (nSPS) is 19.3. The number of likely N-dealkylation sites (tertiary alicyclic amines) is 1. The fraction of sp³-hybridized carbons (Fsp3) is 0.500. The second-order valence-electron chi connectivity index (χ2n) is 7.74. The average Bonchev–Trinajstić information content (AvgIpc) is 3.47. The molecule has 2 aromatic rings. The maximum Gasteiger partial charge on any atom is 0.318 e. The first-order valence-electron chi connectivity index (χ1n) is 9.95. The second-order valence-corrected chi connectivity index (χ2v) is 7.74. The summed E-state index contributed by atoms with van der Waals surface area (Å²) in [4.78, 5) is 31.5. The van der Waals surface area contributed by atoms with Crippen molar-refractivity contribution in [1.82, 2.24) is 25.4 Å². The van der Waals surface area contributed by atoms with Crippen LogP contribution in [0.4, 0.5) is 18.4 Å². The van der Waals surface area contributed by atoms with Gasteiger partial charge in [-0.05, 0) is 37.8 Å². The SMILES string of the molecule is CNC(=O)N1CCC[C@@H](N(C(=O)NCc2cc3cc(F)c(F)cc3[nH]2)C2CC2)C1. The van der Waals surface area contributed by atoms with E-state index in [1.165, 1.54) is 0 Å². The number of urea groups is 2. The molecule has 29 heavy (non-hydrogen) atoms. The Morgan fingerprint density at radius 2 is 1.93 bits per heavy atom. The average molecular weight is 405 g/mol. The van der Waals surface area contributed by atoms with E-state index in [2.05, 4.69) is 15.6 Å². The van der Waals surface area contributed by atoms with Crippen LogP contribution >= 0.6 is 0 Å². The topological polar surface area (TPSA) is 80.5 Å². The molecule has 156 valence electrons. The van der Waals surface area contributed by atoms with Crippen molar-refractivity contribution >= 4 is 23.0 Å². The number of rotatable bonds is 4. The van der Waals surface area contributed by atoms with Crippen molar-refractivity contribution in [3.8, 4) is 0 Å². The van der Waals surface area contributed by atoms with Crippen molar-refractivity contribution in [2.24, 2.45) is 0 Å². The van der Waals surface area contributed by atoms with Gasteiger partial charge in [0.25, 0.3) is 0 Å². The summed E-state index contributed by atoms with van der Waals surface area (Å²) in [6.07, 6.45) is 3.65. The number of amides is 4. The van der Waals surface area contributed by atoms with Crippen molar-refractivity contribution in [1.29, 1.82) is 0 Å². The Morgan fingerprint density at radius 3 is 2.66 bits per heavy atom. The van der Waals surface area contributed by atoms with Crippen molar-refractivity contribution in [2.75, 3.05) is 20.1 Å². The summed E-state index contributed by atoms with van der Waals surface area (Å²) < 4.78 is 26.8. The van der Waals surface area contributed by atoms with Crippen LogP contribution in [-0.4, -0.2) is 59.1 Å². The molecule has 1 saturated heterocycles. The van der Waals surface area contributed by atoms with Gasteiger partial charge in [0.2, 0.25) is 0 Å². The Hall–Kier alpha value is -2.84. The van der Waals surface area contributed by atoms with Gasteiger partial charge in [-0.15, -0.1) is 0 Å². The first-order chi connectivity index (χ1) is 14.0. The molecule has 2 heterocycles. The number of carbonyl (C=O) groups is 2. The van der Waals surface area contributed by atoms with E-state index >= 15 is 0 Å². The van der Waals surface area contributed by atoms with Crippen LogP contribution in [0.2, 0.25) is 0 Å². The molecule has 1 aliphatic carbocycles. The van der Waals surface area contributed by atoms with E-state index in [4.69, 9.17) is 0 Å². The standard InChI is InChI=1S/C20H25F2N5O2/c1-23-19(28)26-6-2-3-15(11-26)27(14-4-5-14)20(29)24-10-13-7-12-8-16(21)17(22)9-18(12)25-13/h7-9,14-15,25H,2-6,10-11H2,1H3,(H,23,28)(H,24,29)/t15-/m1/s1. The number of aromatic nitrogens is 1. The molecule has 1 atom stereocenters. The highest BCUT2D eigenvalue weighted by atomic mass is 19.2. The Kier molecular flexibility index (Phi) is 5.29. The summed E-state index contributed by atoms with van der Waals surface area (Å²) in [6, 6.07) is 3.85. The summed E-state index contributed by atoms with van der Waals surface area (Å²) >= 11 is 0. The number of nitrogens with zero attached hydrogens (tertiary/aromatic N) is 2. The lowest BCUT2D eigenvalue weighted by molar-refractivity contribution is 0.116. The zero-order chi connectivity index (χ0) is 20.5. The van der Waals surface area contributed by atoms with Gasteiger partial charge in [-0.25, -0.2) is 18.4 Å². The molecule has 0 bridgehead atoms. The van der Waals surface area contributed by atoms with Crippen LogP contribution in [0.15, 0.2) is 18.2 Å². The van der Waals surface area contributed by atoms with Crippen LogP contribution in [0.5, 0.6) is 0 Å². The van der Waals surface area contributed by atoms with Crippen LogP contribution < -0.4 is 10.6 Å². The number of fused-ring (bicyclic) bond motifs is 1. The van der Waals surface area contributed by atoms with Gasteiger partial charge in [0.1, 0.15) is 0 Å². The molecular weight excluding hydrogens is 380 g/mol. The molecule has 2 aliphatic rings. The molecule has 7 nitrogen and oxygen atoms in total. The molecule has 0 radical (unpaired) electrons. The van der Waals surface area contributed by atoms with Gasteiger partial charge in [-0.2, -0.15) is 0 Å². The van der Waals surface area contributed by atoms with Crippen molar-refractivity contribution < 1.29 is 18.4 Å². The van der Waals surface area contributed by atoms with E-state index in [0.717, 1.165) is 37.8 Å². The summed E-state index contributed by atoms with van der Waals surface area (Å²) in [5.41, 5.74) is 1.16. The number of halogens is 2. The lowest BCUT2D eigenvalue weighted by atomic mass is 10.0. The van der Waals surface area contributed by atoms with Gasteiger partial charge >= 0.3 is 12.1 Å². The number of nitrogens with one attached hydrogen (secondary N) is 3. The predicted octanol–water partition coefficient (Wildman–Crippen LogP) is 2.92. The number of piperidine rings is 1. The first-order valence-corrected chi connectivity index (χ1v) is 9.95. The zero-order valence-corrected chi connectivity index (χ0v) is 16.3. The minimum atomic E-state index is -0.909. The quantitative estimate of drug-likeness (QED) is 0.731. The van der Waals surface area contributed by atoms with Crippen LogP contribution in [0, 0.1) is 11.6 Å². The van der Waals surface area contributed by atoms with E-state index in [1.54, 1.807) is 18.0 Å². The van der Waals surface area contributed by atoms with Gasteiger partial charge < -0.3 is 25.4 Å². The highest BCUT2D eigenvalue weighted by molar-refractivity contribution is 5.81. The van der Waals surface area contributed by atoms with Gasteiger partial charge in [-0.3, -0.25) is 0 Å². The molecule has 0 unspecified atom stereocenters. The van der Waals surface area contributed by atoms with Gasteiger partial charge in [-0.1, -0.05) is 0 Å². The number of H-pyrrole nitrogens is 1. The highest BCUT2D eigenvalue weighted by Gasteiger charge is 2.39. The molecule has 1 saturated carbocycles. The van der Waals surface area contributed by atoms with Crippen LogP contribution in [0.1, 0.15) is 31.4 Å². The molecule has 1 aromatic carbocycles. The smallest absolute Gasteiger partial charge is 0.318 e. The summed E-state index contributed by atoms with van der Waals surface area (Å²) in [5.74, 6) is -1.81. The molecule has 0 spiro atoms. The third-order valence-corrected chi connectivity index (χ3v) is 5.61. The fourth-order valence-corrected chi connectivity index (χ4v) is 4.05. The summed E-state index contributed by atoms with van der Waals surface area (Å²) in [6.45, 7) is 1.44. The number of benzene rings is 1. The molecule has 1 aliphatic heterocycles. The minimum Gasteiger partial charge on any atom is -0.357 e. The van der Waals surface area contributed by atoms with Crippen LogP contribution in [0.25, 0.3) is 10.9 Å². The van der Waals surface area contributed by atoms with E-state index in [0.29, 0.717) is 29.7 Å². The van der Waals surface area contributed by atoms with Crippen LogP contribution in [-0.2, 0) is 6.54 Å². The number of hydrogen-bond donors (Lipinski definition) is 3. The lowest BCUT2D eigenvalue weighted by Gasteiger charge is -2.39. The van der Waals surface area contributed by atoms with Crippen molar-refractivity contribution in [3.05, 3.63) is 35.5 Å². The maximum atomic E-state index is 13.4. The van der Waals surface area contributed by atoms with E-state index < -0.39 is 11.6 Å². The summed E-state index contributed by atoms with van der Waals surface area (Å²) in [5, 5.41) is 6.12. The molecule has 4 rings (SSSR count). The molecule has 2 fully saturated rings. The monoisotopic (exact) mass is 405 g/mol. The fourth-order valence-electron chi connectivity index (χ4n) is 4.05. The third-order valence-electron chi connectivity index (χ3n) is 5.61. The largest absolute Gasteiger partial charge is 0.357 e. The molecule has 3 N–H and O–H groups in total. The Balaban J connectivity index is 1.42. The zero-order valence-electron chi connectivity index (χ0n) is 16.3. The lowest BCUT2D eigenvalue weighted by Crippen LogP contribution is -2.56. The van der Waals surface area contributed by atoms with E-state index in [-0.39, 0.29) is 30.7 Å². The highest BCUT2D eigenvalue weighted by Crippen LogP contribution is 2.31. The van der Waals surface area contributed by atoms with E-state index in [1.807, 2.05) is 4.90 Å². The van der Waals surface area contributed by atoms with Gasteiger partial charge in [0.05, 0.1) is 12.6 Å². The maximum absolute atomic E-state index is 13.4. The second kappa shape index (κ2) is 7.88. The first kappa shape index (κ1) is 19.5. The predicted molar refractivity (Wildman–Crippen MR) is 104 cm³/mol.